The number of rotatable bonds is 5. The number of nitrogens with zero attached hydrogens (tertiary/aromatic N) is 2. The van der Waals surface area contributed by atoms with Gasteiger partial charge < -0.3 is 5.11 Å². The number of aldehydes is 1. The standard InChI is InChI=1S/C20H16N2O3/c23-14-16-8-6-12-19(21-16)18-11-5-4-7-15(18)13-22(20(24)25)17-9-2-1-3-10-17/h1-12,14H,13H2,(H,24,25). The van der Waals surface area contributed by atoms with Gasteiger partial charge in [0.05, 0.1) is 12.2 Å². The minimum Gasteiger partial charge on any atom is -0.465 e. The van der Waals surface area contributed by atoms with Crippen LogP contribution in [0, 0.1) is 0 Å². The molecule has 5 heteroatoms. The van der Waals surface area contributed by atoms with Gasteiger partial charge in [-0.25, -0.2) is 9.78 Å². The van der Waals surface area contributed by atoms with Crippen molar-refractivity contribution in [1.82, 2.24) is 4.98 Å². The topological polar surface area (TPSA) is 70.5 Å². The summed E-state index contributed by atoms with van der Waals surface area (Å²) in [6, 6.07) is 21.6. The lowest BCUT2D eigenvalue weighted by atomic mass is 10.0. The smallest absolute Gasteiger partial charge is 0.412 e. The van der Waals surface area contributed by atoms with Crippen molar-refractivity contribution in [3.8, 4) is 11.3 Å². The van der Waals surface area contributed by atoms with Crippen LogP contribution in [0.5, 0.6) is 0 Å². The molecule has 124 valence electrons. The summed E-state index contributed by atoms with van der Waals surface area (Å²) in [5.41, 5.74) is 3.18. The van der Waals surface area contributed by atoms with E-state index in [1.165, 1.54) is 4.90 Å². The third-order valence-corrected chi connectivity index (χ3v) is 3.81. The van der Waals surface area contributed by atoms with Gasteiger partial charge in [-0.15, -0.1) is 0 Å². The fourth-order valence-corrected chi connectivity index (χ4v) is 2.62. The first-order valence-corrected chi connectivity index (χ1v) is 7.75. The Morgan fingerprint density at radius 3 is 2.40 bits per heavy atom. The molecule has 0 saturated carbocycles. The Morgan fingerprint density at radius 1 is 0.960 bits per heavy atom. The summed E-state index contributed by atoms with van der Waals surface area (Å²) in [6.07, 6.45) is -0.338. The molecule has 1 amide bonds. The molecule has 1 heterocycles. The molecule has 0 aliphatic carbocycles. The summed E-state index contributed by atoms with van der Waals surface area (Å²) in [5.74, 6) is 0. The van der Waals surface area contributed by atoms with Crippen LogP contribution < -0.4 is 4.90 Å². The van der Waals surface area contributed by atoms with Crippen molar-refractivity contribution in [3.63, 3.8) is 0 Å². The van der Waals surface area contributed by atoms with Crippen LogP contribution in [-0.4, -0.2) is 22.5 Å². The van der Waals surface area contributed by atoms with E-state index in [-0.39, 0.29) is 6.54 Å². The zero-order chi connectivity index (χ0) is 17.6. The monoisotopic (exact) mass is 332 g/mol. The highest BCUT2D eigenvalue weighted by molar-refractivity contribution is 5.86. The van der Waals surface area contributed by atoms with Gasteiger partial charge in [0.1, 0.15) is 5.69 Å². The summed E-state index contributed by atoms with van der Waals surface area (Å²) in [7, 11) is 0. The number of aromatic nitrogens is 1. The number of anilines is 1. The minimum atomic E-state index is -1.03. The molecule has 0 aliphatic rings. The van der Waals surface area contributed by atoms with E-state index >= 15 is 0 Å². The number of hydrogen-bond acceptors (Lipinski definition) is 3. The van der Waals surface area contributed by atoms with Crippen molar-refractivity contribution >= 4 is 18.1 Å². The predicted molar refractivity (Wildman–Crippen MR) is 95.7 cm³/mol. The summed E-state index contributed by atoms with van der Waals surface area (Å²) in [4.78, 5) is 28.3. The van der Waals surface area contributed by atoms with Gasteiger partial charge in [0.2, 0.25) is 0 Å². The zero-order valence-corrected chi connectivity index (χ0v) is 13.4. The molecule has 3 aromatic rings. The fourth-order valence-electron chi connectivity index (χ4n) is 2.62. The maximum Gasteiger partial charge on any atom is 0.412 e. The van der Waals surface area contributed by atoms with E-state index in [9.17, 15) is 14.7 Å². The fraction of sp³-hybridized carbons (Fsp3) is 0.0500. The number of carbonyl (C=O) groups excluding carboxylic acids is 1. The maximum atomic E-state index is 11.7. The van der Waals surface area contributed by atoms with Gasteiger partial charge in [0.25, 0.3) is 0 Å². The number of carboxylic acid groups (broad SMARTS) is 1. The quantitative estimate of drug-likeness (QED) is 0.709. The van der Waals surface area contributed by atoms with Crippen molar-refractivity contribution in [2.24, 2.45) is 0 Å². The van der Waals surface area contributed by atoms with Crippen LogP contribution in [0.1, 0.15) is 16.1 Å². The summed E-state index contributed by atoms with van der Waals surface area (Å²) >= 11 is 0. The predicted octanol–water partition coefficient (Wildman–Crippen LogP) is 4.25. The van der Waals surface area contributed by atoms with Gasteiger partial charge in [-0.2, -0.15) is 0 Å². The van der Waals surface area contributed by atoms with Crippen LogP contribution in [0.25, 0.3) is 11.3 Å². The highest BCUT2D eigenvalue weighted by Gasteiger charge is 2.17. The molecule has 25 heavy (non-hydrogen) atoms. The number of para-hydroxylation sites is 1. The number of pyridine rings is 1. The van der Waals surface area contributed by atoms with Crippen molar-refractivity contribution in [2.45, 2.75) is 6.54 Å². The molecule has 0 atom stereocenters. The first kappa shape index (κ1) is 16.4. The van der Waals surface area contributed by atoms with E-state index in [1.54, 1.807) is 42.5 Å². The number of hydrogen-bond donors (Lipinski definition) is 1. The van der Waals surface area contributed by atoms with Crippen molar-refractivity contribution in [2.75, 3.05) is 4.90 Å². The van der Waals surface area contributed by atoms with Crippen molar-refractivity contribution in [1.29, 1.82) is 0 Å². The molecular formula is C20H16N2O3. The Kier molecular flexibility index (Phi) is 4.85. The minimum absolute atomic E-state index is 0.183. The molecule has 0 saturated heterocycles. The molecule has 1 aromatic heterocycles. The molecular weight excluding hydrogens is 316 g/mol. The highest BCUT2D eigenvalue weighted by atomic mass is 16.4. The van der Waals surface area contributed by atoms with E-state index in [0.29, 0.717) is 23.4 Å². The Hall–Kier alpha value is -3.47. The Morgan fingerprint density at radius 2 is 1.68 bits per heavy atom. The molecule has 2 aromatic carbocycles. The van der Waals surface area contributed by atoms with Gasteiger partial charge in [0, 0.05) is 11.3 Å². The van der Waals surface area contributed by atoms with Crippen LogP contribution in [0.15, 0.2) is 72.8 Å². The third-order valence-electron chi connectivity index (χ3n) is 3.81. The average Bonchev–Trinajstić information content (AvgIpc) is 2.67. The maximum absolute atomic E-state index is 11.7. The van der Waals surface area contributed by atoms with Gasteiger partial charge >= 0.3 is 6.09 Å². The van der Waals surface area contributed by atoms with E-state index in [0.717, 1.165) is 11.1 Å². The molecule has 0 aliphatic heterocycles. The molecule has 0 spiro atoms. The molecule has 3 rings (SSSR count). The molecule has 1 N–H and O–H groups in total. The van der Waals surface area contributed by atoms with Crippen LogP contribution in [0.2, 0.25) is 0 Å². The normalized spacial score (nSPS) is 10.2. The second-order valence-corrected chi connectivity index (χ2v) is 5.43. The van der Waals surface area contributed by atoms with Crippen molar-refractivity contribution < 1.29 is 14.7 Å². The molecule has 0 fully saturated rings. The Balaban J connectivity index is 2.00. The van der Waals surface area contributed by atoms with Crippen LogP contribution in [0.3, 0.4) is 0 Å². The van der Waals surface area contributed by atoms with Crippen molar-refractivity contribution in [3.05, 3.63) is 84.1 Å². The van der Waals surface area contributed by atoms with Gasteiger partial charge in [-0.1, -0.05) is 48.5 Å². The summed E-state index contributed by atoms with van der Waals surface area (Å²) in [6.45, 7) is 0.183. The number of benzene rings is 2. The number of amides is 1. The first-order valence-electron chi connectivity index (χ1n) is 7.75. The average molecular weight is 332 g/mol. The lowest BCUT2D eigenvalue weighted by Gasteiger charge is -2.21. The van der Waals surface area contributed by atoms with Crippen LogP contribution in [0.4, 0.5) is 10.5 Å². The first-order chi connectivity index (χ1) is 12.2. The molecule has 0 radical (unpaired) electrons. The number of carbonyl (C=O) groups is 2. The van der Waals surface area contributed by atoms with Gasteiger partial charge in [0.15, 0.2) is 6.29 Å². The van der Waals surface area contributed by atoms with Crippen LogP contribution in [-0.2, 0) is 6.54 Å². The largest absolute Gasteiger partial charge is 0.465 e. The van der Waals surface area contributed by atoms with E-state index in [4.69, 9.17) is 0 Å². The SMILES string of the molecule is O=Cc1cccc(-c2ccccc2CN(C(=O)O)c2ccccc2)n1. The lowest BCUT2D eigenvalue weighted by molar-refractivity contribution is 0.111. The van der Waals surface area contributed by atoms with Gasteiger partial charge in [-0.05, 0) is 29.8 Å². The van der Waals surface area contributed by atoms with Crippen LogP contribution >= 0.6 is 0 Å². The molecule has 5 nitrogen and oxygen atoms in total. The summed E-state index contributed by atoms with van der Waals surface area (Å²) in [5, 5.41) is 9.60. The zero-order valence-electron chi connectivity index (χ0n) is 13.4. The van der Waals surface area contributed by atoms with E-state index in [1.807, 2.05) is 30.3 Å². The Bertz CT molecular complexity index is 894. The molecule has 0 bridgehead atoms. The second-order valence-electron chi connectivity index (χ2n) is 5.43. The van der Waals surface area contributed by atoms with Gasteiger partial charge in [-0.3, -0.25) is 9.69 Å². The highest BCUT2D eigenvalue weighted by Crippen LogP contribution is 2.25. The Labute approximate surface area is 145 Å². The third kappa shape index (κ3) is 3.72. The summed E-state index contributed by atoms with van der Waals surface area (Å²) < 4.78 is 0. The molecule has 0 unspecified atom stereocenters. The second kappa shape index (κ2) is 7.40. The van der Waals surface area contributed by atoms with E-state index < -0.39 is 6.09 Å². The lowest BCUT2D eigenvalue weighted by Crippen LogP contribution is -2.28. The van der Waals surface area contributed by atoms with E-state index in [2.05, 4.69) is 4.98 Å².